The smallest absolute Gasteiger partial charge is 0.329 e. The van der Waals surface area contributed by atoms with Gasteiger partial charge in [0.15, 0.2) is 0 Å². The summed E-state index contributed by atoms with van der Waals surface area (Å²) in [4.78, 5) is 0. The fourth-order valence-electron chi connectivity index (χ4n) is 0.982. The van der Waals surface area contributed by atoms with Crippen LogP contribution in [0.1, 0.15) is 26.2 Å². The molecule has 0 aliphatic carbocycles. The minimum atomic E-state index is -2.04. The van der Waals surface area contributed by atoms with Crippen molar-refractivity contribution in [2.75, 3.05) is 32.8 Å². The molecule has 1 atom stereocenters. The summed E-state index contributed by atoms with van der Waals surface area (Å²) in [5.41, 5.74) is 7.86. The van der Waals surface area contributed by atoms with E-state index in [1.54, 1.807) is 0 Å². The van der Waals surface area contributed by atoms with Crippen molar-refractivity contribution < 1.29 is 46.4 Å². The molecule has 6 nitrogen and oxygen atoms in total. The Morgan fingerprint density at radius 1 is 1.24 bits per heavy atom. The molecule has 0 rings (SSSR count). The number of hydrogen-bond donors (Lipinski definition) is 3. The molecule has 0 spiro atoms. The van der Waals surface area contributed by atoms with Crippen molar-refractivity contribution in [2.45, 2.75) is 26.2 Å². The average molecular weight is 341 g/mol. The Bertz CT molecular complexity index is 178. The van der Waals surface area contributed by atoms with Crippen LogP contribution in [0.3, 0.4) is 0 Å². The summed E-state index contributed by atoms with van der Waals surface area (Å²) in [6, 6.07) is 0. The minimum absolute atomic E-state index is 0. The van der Waals surface area contributed by atoms with E-state index in [4.69, 9.17) is 14.9 Å². The first-order chi connectivity index (χ1) is 7.81. The summed E-state index contributed by atoms with van der Waals surface area (Å²) in [5.74, 6) is 0. The molecule has 0 heterocycles. The Labute approximate surface area is 130 Å². The van der Waals surface area contributed by atoms with Gasteiger partial charge in [-0.05, 0) is 11.0 Å². The van der Waals surface area contributed by atoms with E-state index in [0.717, 1.165) is 32.4 Å². The van der Waals surface area contributed by atoms with Crippen molar-refractivity contribution in [3.05, 3.63) is 0 Å². The SMILES string of the molecule is CCCCCO[P+](=O)ONCCNCCN.[Y]. The summed E-state index contributed by atoms with van der Waals surface area (Å²) in [6.07, 6.45) is 3.12. The summed E-state index contributed by atoms with van der Waals surface area (Å²) in [6.45, 7) is 5.25. The molecule has 0 aromatic carbocycles. The number of hydrogen-bond acceptors (Lipinski definition) is 6. The van der Waals surface area contributed by atoms with E-state index in [2.05, 4.69) is 17.7 Å². The standard InChI is InChI=1S/C9H23N3O3P.Y/c1-2-3-4-9-14-16(13)15-12-8-7-11-6-5-10;/h11-12H,2-10H2,1H3;/q+1;. The Balaban J connectivity index is 0. The van der Waals surface area contributed by atoms with Crippen molar-refractivity contribution in [2.24, 2.45) is 5.73 Å². The van der Waals surface area contributed by atoms with E-state index in [1.807, 2.05) is 0 Å². The van der Waals surface area contributed by atoms with Crippen LogP contribution in [0.5, 0.6) is 0 Å². The molecule has 1 radical (unpaired) electrons. The molecule has 0 amide bonds. The molecule has 0 saturated heterocycles. The van der Waals surface area contributed by atoms with Crippen molar-refractivity contribution in [3.63, 3.8) is 0 Å². The van der Waals surface area contributed by atoms with Gasteiger partial charge in [0.1, 0.15) is 6.61 Å². The maximum atomic E-state index is 11.1. The molecule has 0 bridgehead atoms. The summed E-state index contributed by atoms with van der Waals surface area (Å²) < 4.78 is 20.8. The molecular weight excluding hydrogens is 318 g/mol. The van der Waals surface area contributed by atoms with E-state index < -0.39 is 8.25 Å². The van der Waals surface area contributed by atoms with E-state index in [1.165, 1.54) is 0 Å². The first-order valence-corrected chi connectivity index (χ1v) is 6.81. The summed E-state index contributed by atoms with van der Waals surface area (Å²) >= 11 is 0. The van der Waals surface area contributed by atoms with Crippen LogP contribution in [0.4, 0.5) is 0 Å². The third-order valence-corrected chi connectivity index (χ3v) is 2.48. The van der Waals surface area contributed by atoms with Gasteiger partial charge in [0.25, 0.3) is 0 Å². The Morgan fingerprint density at radius 2 is 2.00 bits per heavy atom. The van der Waals surface area contributed by atoms with Crippen molar-refractivity contribution in [3.8, 4) is 0 Å². The molecule has 0 aromatic rings. The van der Waals surface area contributed by atoms with Gasteiger partial charge >= 0.3 is 8.25 Å². The maximum Gasteiger partial charge on any atom is 0.716 e. The second kappa shape index (κ2) is 17.0. The number of nitrogens with two attached hydrogens (primary N) is 1. The molecular formula is C9H23N3O3PY+. The zero-order chi connectivity index (χ0) is 12.1. The predicted octanol–water partition coefficient (Wildman–Crippen LogP) is 0.918. The van der Waals surface area contributed by atoms with Gasteiger partial charge in [-0.2, -0.15) is 0 Å². The molecule has 0 aliphatic rings. The third kappa shape index (κ3) is 17.0. The molecule has 17 heavy (non-hydrogen) atoms. The first-order valence-electron chi connectivity index (χ1n) is 5.72. The Morgan fingerprint density at radius 3 is 2.65 bits per heavy atom. The molecule has 4 N–H and O–H groups in total. The molecule has 0 aromatic heterocycles. The van der Waals surface area contributed by atoms with Crippen LogP contribution < -0.4 is 16.5 Å². The van der Waals surface area contributed by atoms with Crippen LogP contribution in [0.25, 0.3) is 0 Å². The van der Waals surface area contributed by atoms with Gasteiger partial charge in [-0.1, -0.05) is 19.8 Å². The van der Waals surface area contributed by atoms with Gasteiger partial charge < -0.3 is 11.1 Å². The zero-order valence-corrected chi connectivity index (χ0v) is 14.2. The van der Waals surface area contributed by atoms with Crippen LogP contribution in [0, 0.1) is 0 Å². The van der Waals surface area contributed by atoms with Crippen LogP contribution in [0.15, 0.2) is 0 Å². The Kier molecular flexibility index (Phi) is 20.3. The fourth-order valence-corrected chi connectivity index (χ4v) is 1.51. The second-order valence-electron chi connectivity index (χ2n) is 3.29. The van der Waals surface area contributed by atoms with Crippen molar-refractivity contribution >= 4 is 8.25 Å². The second-order valence-corrected chi connectivity index (χ2v) is 4.18. The van der Waals surface area contributed by atoms with Crippen molar-refractivity contribution in [1.82, 2.24) is 10.8 Å². The van der Waals surface area contributed by atoms with Gasteiger partial charge in [0.2, 0.25) is 0 Å². The van der Waals surface area contributed by atoms with Gasteiger partial charge in [0, 0.05) is 63.5 Å². The molecule has 0 saturated carbocycles. The van der Waals surface area contributed by atoms with Crippen LogP contribution in [-0.2, 0) is 46.4 Å². The number of hydroxylamine groups is 1. The van der Waals surface area contributed by atoms with E-state index in [0.29, 0.717) is 19.7 Å². The first kappa shape index (κ1) is 20.3. The minimum Gasteiger partial charge on any atom is -0.329 e. The monoisotopic (exact) mass is 341 g/mol. The van der Waals surface area contributed by atoms with E-state index in [9.17, 15) is 4.57 Å². The zero-order valence-electron chi connectivity index (χ0n) is 10.5. The molecule has 1 unspecified atom stereocenters. The van der Waals surface area contributed by atoms with Crippen molar-refractivity contribution in [1.29, 1.82) is 0 Å². The quantitative estimate of drug-likeness (QED) is 0.278. The summed E-state index contributed by atoms with van der Waals surface area (Å²) in [5, 5.41) is 3.07. The van der Waals surface area contributed by atoms with Crippen LogP contribution in [-0.4, -0.2) is 32.8 Å². The number of rotatable bonds is 12. The maximum absolute atomic E-state index is 11.1. The number of unbranched alkanes of at least 4 members (excludes halogenated alkanes) is 2. The molecule has 0 aliphatic heterocycles. The van der Waals surface area contributed by atoms with Gasteiger partial charge in [-0.25, -0.2) is 0 Å². The van der Waals surface area contributed by atoms with Gasteiger partial charge in [0.05, 0.1) is 0 Å². The van der Waals surface area contributed by atoms with Crippen LogP contribution >= 0.6 is 8.25 Å². The van der Waals surface area contributed by atoms with Crippen LogP contribution in [0.2, 0.25) is 0 Å². The largest absolute Gasteiger partial charge is 0.716 e. The van der Waals surface area contributed by atoms with Gasteiger partial charge in [-0.15, -0.1) is 10.0 Å². The van der Waals surface area contributed by atoms with E-state index in [-0.39, 0.29) is 32.7 Å². The normalized spacial score (nSPS) is 11.1. The summed E-state index contributed by atoms with van der Waals surface area (Å²) in [7, 11) is -2.04. The predicted molar refractivity (Wildman–Crippen MR) is 64.1 cm³/mol. The molecule has 8 heteroatoms. The number of nitrogens with one attached hydrogen (secondary N) is 2. The average Bonchev–Trinajstić information content (AvgIpc) is 2.29. The molecule has 99 valence electrons. The van der Waals surface area contributed by atoms with E-state index >= 15 is 0 Å². The topological polar surface area (TPSA) is 85.6 Å². The van der Waals surface area contributed by atoms with Gasteiger partial charge in [-0.3, -0.25) is 0 Å². The third-order valence-electron chi connectivity index (χ3n) is 1.81. The fraction of sp³-hybridized carbons (Fsp3) is 1.00. The molecule has 0 fully saturated rings. The Hall–Kier alpha value is 1.00.